The van der Waals surface area contributed by atoms with Crippen molar-refractivity contribution < 1.29 is 23.5 Å². The molecule has 1 aliphatic rings. The van der Waals surface area contributed by atoms with Crippen LogP contribution in [0.2, 0.25) is 0 Å². The Bertz CT molecular complexity index is 352. The molecule has 1 rings (SSSR count). The van der Waals surface area contributed by atoms with Crippen molar-refractivity contribution in [3.8, 4) is 0 Å². The smallest absolute Gasteiger partial charge is 0.411 e. The first-order chi connectivity index (χ1) is 8.10. The van der Waals surface area contributed by atoms with Crippen molar-refractivity contribution >= 4 is 12.1 Å². The average molecular weight is 261 g/mol. The Morgan fingerprint density at radius 3 is 2.39 bits per heavy atom. The summed E-state index contributed by atoms with van der Waals surface area (Å²) >= 11 is 0. The van der Waals surface area contributed by atoms with E-state index in [1.807, 2.05) is 0 Å². The van der Waals surface area contributed by atoms with Crippen molar-refractivity contribution in [2.45, 2.75) is 51.4 Å². The van der Waals surface area contributed by atoms with E-state index in [1.54, 1.807) is 20.8 Å². The molecule has 0 spiro atoms. The second-order valence-electron chi connectivity index (χ2n) is 5.66. The lowest BCUT2D eigenvalue weighted by Crippen LogP contribution is -2.52. The molecule has 2 atom stereocenters. The van der Waals surface area contributed by atoms with E-state index >= 15 is 0 Å². The van der Waals surface area contributed by atoms with Crippen LogP contribution in [0, 0.1) is 0 Å². The van der Waals surface area contributed by atoms with Gasteiger partial charge >= 0.3 is 12.1 Å². The third kappa shape index (κ3) is 2.91. The van der Waals surface area contributed by atoms with Crippen molar-refractivity contribution in [2.24, 2.45) is 0 Å². The number of amides is 1. The summed E-state index contributed by atoms with van der Waals surface area (Å²) in [5.74, 6) is -0.631. The van der Waals surface area contributed by atoms with Crippen LogP contribution in [-0.4, -0.2) is 47.9 Å². The molecule has 0 aromatic carbocycles. The molecule has 0 aromatic heterocycles. The van der Waals surface area contributed by atoms with Crippen LogP contribution in [-0.2, 0) is 14.3 Å². The number of nitrogens with zero attached hydrogens (tertiary/aromatic N) is 1. The second kappa shape index (κ2) is 4.74. The maximum atomic E-state index is 13.5. The Labute approximate surface area is 106 Å². The highest BCUT2D eigenvalue weighted by Crippen LogP contribution is 2.33. The minimum atomic E-state index is -1.30. The van der Waals surface area contributed by atoms with E-state index in [-0.39, 0.29) is 13.0 Å². The maximum absolute atomic E-state index is 13.5. The van der Waals surface area contributed by atoms with Gasteiger partial charge in [-0.2, -0.15) is 0 Å². The molecule has 1 amide bonds. The Hall–Kier alpha value is -1.33. The zero-order valence-corrected chi connectivity index (χ0v) is 11.4. The molecule has 0 bridgehead atoms. The number of hydrogen-bond acceptors (Lipinski definition) is 4. The first-order valence-electron chi connectivity index (χ1n) is 5.83. The highest BCUT2D eigenvalue weighted by atomic mass is 19.1. The topological polar surface area (TPSA) is 55.8 Å². The van der Waals surface area contributed by atoms with Crippen LogP contribution in [0.1, 0.15) is 34.1 Å². The van der Waals surface area contributed by atoms with Crippen LogP contribution in [0.3, 0.4) is 0 Å². The zero-order chi connectivity index (χ0) is 14.1. The van der Waals surface area contributed by atoms with E-state index in [4.69, 9.17) is 4.74 Å². The molecule has 1 aliphatic heterocycles. The number of carbonyl (C=O) groups excluding carboxylic acids is 2. The number of methoxy groups -OCH3 is 1. The predicted octanol–water partition coefficient (Wildman–Crippen LogP) is 1.90. The molecule has 5 nitrogen and oxygen atoms in total. The van der Waals surface area contributed by atoms with Gasteiger partial charge < -0.3 is 9.47 Å². The highest BCUT2D eigenvalue weighted by molar-refractivity contribution is 5.86. The van der Waals surface area contributed by atoms with Gasteiger partial charge in [0.15, 0.2) is 0 Å². The van der Waals surface area contributed by atoms with Crippen LogP contribution in [0.15, 0.2) is 0 Å². The molecule has 0 N–H and O–H groups in total. The van der Waals surface area contributed by atoms with E-state index in [1.165, 1.54) is 14.0 Å². The van der Waals surface area contributed by atoms with Gasteiger partial charge in [0.05, 0.1) is 13.7 Å². The summed E-state index contributed by atoms with van der Waals surface area (Å²) in [7, 11) is 1.21. The lowest BCUT2D eigenvalue weighted by molar-refractivity contribution is -0.152. The number of esters is 1. The summed E-state index contributed by atoms with van der Waals surface area (Å²) < 4.78 is 23.3. The summed E-state index contributed by atoms with van der Waals surface area (Å²) in [6.07, 6.45) is -2.02. The number of carbonyl (C=O) groups is 2. The van der Waals surface area contributed by atoms with Crippen molar-refractivity contribution in [1.29, 1.82) is 0 Å². The van der Waals surface area contributed by atoms with Gasteiger partial charge in [0.2, 0.25) is 0 Å². The van der Waals surface area contributed by atoms with E-state index in [2.05, 4.69) is 4.74 Å². The van der Waals surface area contributed by atoms with Crippen molar-refractivity contribution in [3.63, 3.8) is 0 Å². The normalized spacial score (nSPS) is 28.1. The third-order valence-corrected chi connectivity index (χ3v) is 2.83. The van der Waals surface area contributed by atoms with Gasteiger partial charge in [-0.05, 0) is 27.7 Å². The largest absolute Gasteiger partial charge is 0.467 e. The van der Waals surface area contributed by atoms with E-state index < -0.39 is 29.4 Å². The Balaban J connectivity index is 2.92. The predicted molar refractivity (Wildman–Crippen MR) is 62.9 cm³/mol. The Morgan fingerprint density at radius 1 is 1.39 bits per heavy atom. The molecule has 1 heterocycles. The van der Waals surface area contributed by atoms with Crippen LogP contribution < -0.4 is 0 Å². The molecule has 0 aliphatic carbocycles. The SMILES string of the molecule is COC(=O)C1(C)C[C@@H](F)CN1C(=O)OC(C)(C)C. The van der Waals surface area contributed by atoms with Crippen molar-refractivity contribution in [1.82, 2.24) is 4.90 Å². The molecule has 6 heteroatoms. The van der Waals surface area contributed by atoms with Crippen LogP contribution in [0.4, 0.5) is 9.18 Å². The first kappa shape index (κ1) is 14.7. The van der Waals surface area contributed by atoms with Crippen molar-refractivity contribution in [3.05, 3.63) is 0 Å². The highest BCUT2D eigenvalue weighted by Gasteiger charge is 2.52. The number of likely N-dealkylation sites (tertiary alicyclic amines) is 1. The summed E-state index contributed by atoms with van der Waals surface area (Å²) in [5, 5.41) is 0. The van der Waals surface area contributed by atoms with Crippen LogP contribution in [0.25, 0.3) is 0 Å². The van der Waals surface area contributed by atoms with Crippen molar-refractivity contribution in [2.75, 3.05) is 13.7 Å². The summed E-state index contributed by atoms with van der Waals surface area (Å²) in [5.41, 5.74) is -1.99. The lowest BCUT2D eigenvalue weighted by Gasteiger charge is -2.33. The molecule has 1 unspecified atom stereocenters. The summed E-state index contributed by atoms with van der Waals surface area (Å²) in [6, 6.07) is 0. The lowest BCUT2D eigenvalue weighted by atomic mass is 9.99. The fraction of sp³-hybridized carbons (Fsp3) is 0.833. The Kier molecular flexibility index (Phi) is 3.88. The molecule has 1 fully saturated rings. The first-order valence-corrected chi connectivity index (χ1v) is 5.83. The minimum Gasteiger partial charge on any atom is -0.467 e. The van der Waals surface area contributed by atoms with E-state index in [0.29, 0.717) is 0 Å². The van der Waals surface area contributed by atoms with Crippen LogP contribution >= 0.6 is 0 Å². The fourth-order valence-electron chi connectivity index (χ4n) is 2.01. The van der Waals surface area contributed by atoms with E-state index in [0.717, 1.165) is 4.90 Å². The number of halogens is 1. The van der Waals surface area contributed by atoms with Gasteiger partial charge in [-0.1, -0.05) is 0 Å². The number of hydrogen-bond donors (Lipinski definition) is 0. The average Bonchev–Trinajstić information content (AvgIpc) is 2.51. The standard InChI is InChI=1S/C12H20FNO4/c1-11(2,3)18-10(16)14-7-8(13)6-12(14,4)9(15)17-5/h8H,6-7H2,1-5H3/t8-,12?/m1/s1. The zero-order valence-electron chi connectivity index (χ0n) is 11.4. The molecular weight excluding hydrogens is 241 g/mol. The molecule has 0 radical (unpaired) electrons. The summed E-state index contributed by atoms with van der Waals surface area (Å²) in [6.45, 7) is 6.47. The summed E-state index contributed by atoms with van der Waals surface area (Å²) in [4.78, 5) is 24.8. The van der Waals surface area contributed by atoms with Gasteiger partial charge in [0.1, 0.15) is 17.3 Å². The third-order valence-electron chi connectivity index (χ3n) is 2.83. The number of rotatable bonds is 1. The molecule has 0 saturated carbocycles. The second-order valence-corrected chi connectivity index (χ2v) is 5.66. The van der Waals surface area contributed by atoms with Crippen LogP contribution in [0.5, 0.6) is 0 Å². The van der Waals surface area contributed by atoms with Gasteiger partial charge in [0.25, 0.3) is 0 Å². The van der Waals surface area contributed by atoms with Gasteiger partial charge in [-0.15, -0.1) is 0 Å². The van der Waals surface area contributed by atoms with Gasteiger partial charge in [-0.25, -0.2) is 14.0 Å². The fourth-order valence-corrected chi connectivity index (χ4v) is 2.01. The quantitative estimate of drug-likeness (QED) is 0.676. The van der Waals surface area contributed by atoms with Gasteiger partial charge in [-0.3, -0.25) is 4.90 Å². The Morgan fingerprint density at radius 2 is 1.94 bits per heavy atom. The monoisotopic (exact) mass is 261 g/mol. The maximum Gasteiger partial charge on any atom is 0.411 e. The molecule has 18 heavy (non-hydrogen) atoms. The molecule has 104 valence electrons. The number of ether oxygens (including phenoxy) is 2. The van der Waals surface area contributed by atoms with E-state index in [9.17, 15) is 14.0 Å². The minimum absolute atomic E-state index is 0.0705. The molecule has 1 saturated heterocycles. The van der Waals surface area contributed by atoms with Gasteiger partial charge in [0, 0.05) is 6.42 Å². The molecular formula is C12H20FNO4. The molecule has 0 aromatic rings. The number of alkyl halides is 1.